The number of hydrogen-bond donors (Lipinski definition) is 1. The number of rotatable bonds is 6. The van der Waals surface area contributed by atoms with Crippen LogP contribution in [-0.4, -0.2) is 34.5 Å². The third-order valence-corrected chi connectivity index (χ3v) is 4.71. The van der Waals surface area contributed by atoms with E-state index < -0.39 is 10.1 Å². The van der Waals surface area contributed by atoms with Crippen LogP contribution in [-0.2, 0) is 23.1 Å². The predicted molar refractivity (Wildman–Crippen MR) is 81.9 cm³/mol. The highest BCUT2D eigenvalue weighted by Crippen LogP contribution is 2.21. The fourth-order valence-electron chi connectivity index (χ4n) is 2.24. The van der Waals surface area contributed by atoms with E-state index in [1.165, 1.54) is 12.1 Å². The zero-order chi connectivity index (χ0) is 14.8. The van der Waals surface area contributed by atoms with Crippen molar-refractivity contribution in [1.29, 1.82) is 0 Å². The SMILES string of the molecule is CCn1c(CCCSC)nc2cc(S(=O)(=O)O)ccc21. The molecule has 0 unspecified atom stereocenters. The Kier molecular flexibility index (Phi) is 4.72. The Morgan fingerprint density at radius 2 is 2.15 bits per heavy atom. The molecule has 0 saturated heterocycles. The third kappa shape index (κ3) is 3.16. The molecule has 2 rings (SSSR count). The highest BCUT2D eigenvalue weighted by Gasteiger charge is 2.14. The molecule has 0 amide bonds. The van der Waals surface area contributed by atoms with E-state index in [0.29, 0.717) is 5.52 Å². The first-order valence-corrected chi connectivity index (χ1v) is 9.26. The predicted octanol–water partition coefficient (Wildman–Crippen LogP) is 2.60. The molecule has 20 heavy (non-hydrogen) atoms. The van der Waals surface area contributed by atoms with Crippen molar-refractivity contribution in [2.75, 3.05) is 12.0 Å². The maximum Gasteiger partial charge on any atom is 0.294 e. The minimum atomic E-state index is -4.18. The molecule has 0 spiro atoms. The van der Waals surface area contributed by atoms with Gasteiger partial charge in [0.2, 0.25) is 0 Å². The van der Waals surface area contributed by atoms with Gasteiger partial charge < -0.3 is 4.57 Å². The Balaban J connectivity index is 2.45. The Morgan fingerprint density at radius 3 is 2.75 bits per heavy atom. The number of imidazole rings is 1. The highest BCUT2D eigenvalue weighted by molar-refractivity contribution is 7.98. The van der Waals surface area contributed by atoms with Gasteiger partial charge in [-0.25, -0.2) is 4.98 Å². The largest absolute Gasteiger partial charge is 0.328 e. The first kappa shape index (κ1) is 15.3. The minimum absolute atomic E-state index is 0.110. The van der Waals surface area contributed by atoms with Crippen LogP contribution in [0, 0.1) is 0 Å². The number of fused-ring (bicyclic) bond motifs is 1. The number of benzene rings is 1. The summed E-state index contributed by atoms with van der Waals surface area (Å²) in [5.74, 6) is 2.03. The van der Waals surface area contributed by atoms with Crippen LogP contribution in [0.2, 0.25) is 0 Å². The summed E-state index contributed by atoms with van der Waals surface area (Å²) in [4.78, 5) is 4.40. The van der Waals surface area contributed by atoms with Crippen molar-refractivity contribution in [3.63, 3.8) is 0 Å². The van der Waals surface area contributed by atoms with E-state index >= 15 is 0 Å². The summed E-state index contributed by atoms with van der Waals surface area (Å²) in [7, 11) is -4.18. The van der Waals surface area contributed by atoms with Crippen LogP contribution in [0.15, 0.2) is 23.1 Å². The van der Waals surface area contributed by atoms with Crippen molar-refractivity contribution in [2.45, 2.75) is 31.2 Å². The Hall–Kier alpha value is -1.05. The highest BCUT2D eigenvalue weighted by atomic mass is 32.2. The van der Waals surface area contributed by atoms with Gasteiger partial charge in [0.05, 0.1) is 15.9 Å². The van der Waals surface area contributed by atoms with Crippen LogP contribution in [0.3, 0.4) is 0 Å². The lowest BCUT2D eigenvalue weighted by Gasteiger charge is -2.05. The summed E-state index contributed by atoms with van der Waals surface area (Å²) < 4.78 is 33.5. The zero-order valence-corrected chi connectivity index (χ0v) is 13.2. The number of aryl methyl sites for hydroxylation is 2. The molecular formula is C13H18N2O3S2. The van der Waals surface area contributed by atoms with Crippen LogP contribution in [0.5, 0.6) is 0 Å². The third-order valence-electron chi connectivity index (χ3n) is 3.16. The van der Waals surface area contributed by atoms with E-state index in [0.717, 1.165) is 36.5 Å². The molecule has 0 atom stereocenters. The van der Waals surface area contributed by atoms with Crippen molar-refractivity contribution in [1.82, 2.24) is 9.55 Å². The molecule has 0 aliphatic heterocycles. The molecule has 0 fully saturated rings. The summed E-state index contributed by atoms with van der Waals surface area (Å²) in [6, 6.07) is 4.54. The number of aromatic nitrogens is 2. The number of nitrogens with zero attached hydrogens (tertiary/aromatic N) is 2. The lowest BCUT2D eigenvalue weighted by atomic mass is 10.3. The summed E-state index contributed by atoms with van der Waals surface area (Å²) >= 11 is 1.80. The van der Waals surface area contributed by atoms with Crippen molar-refractivity contribution in [3.05, 3.63) is 24.0 Å². The Morgan fingerprint density at radius 1 is 1.40 bits per heavy atom. The van der Waals surface area contributed by atoms with E-state index in [-0.39, 0.29) is 4.90 Å². The van der Waals surface area contributed by atoms with Crippen LogP contribution in [0.4, 0.5) is 0 Å². The van der Waals surface area contributed by atoms with E-state index in [9.17, 15) is 8.42 Å². The summed E-state index contributed by atoms with van der Waals surface area (Å²) in [6.07, 6.45) is 3.97. The lowest BCUT2D eigenvalue weighted by molar-refractivity contribution is 0.483. The van der Waals surface area contributed by atoms with Crippen LogP contribution < -0.4 is 0 Å². The normalized spacial score (nSPS) is 12.2. The number of hydrogen-bond acceptors (Lipinski definition) is 4. The fourth-order valence-corrected chi connectivity index (χ4v) is 3.17. The Bertz CT molecular complexity index is 708. The van der Waals surface area contributed by atoms with Crippen molar-refractivity contribution in [3.8, 4) is 0 Å². The van der Waals surface area contributed by atoms with Crippen molar-refractivity contribution < 1.29 is 13.0 Å². The fraction of sp³-hybridized carbons (Fsp3) is 0.462. The van der Waals surface area contributed by atoms with Gasteiger partial charge in [-0.05, 0) is 43.6 Å². The first-order valence-electron chi connectivity index (χ1n) is 6.43. The van der Waals surface area contributed by atoms with E-state index in [1.807, 2.05) is 6.92 Å². The second-order valence-electron chi connectivity index (χ2n) is 4.49. The van der Waals surface area contributed by atoms with E-state index in [1.54, 1.807) is 17.8 Å². The molecule has 5 nitrogen and oxygen atoms in total. The van der Waals surface area contributed by atoms with Crippen LogP contribution >= 0.6 is 11.8 Å². The molecule has 1 N–H and O–H groups in total. The van der Waals surface area contributed by atoms with E-state index in [4.69, 9.17) is 4.55 Å². The van der Waals surface area contributed by atoms with E-state index in [2.05, 4.69) is 15.8 Å². The zero-order valence-electron chi connectivity index (χ0n) is 11.5. The van der Waals surface area contributed by atoms with Crippen molar-refractivity contribution in [2.24, 2.45) is 0 Å². The lowest BCUT2D eigenvalue weighted by Crippen LogP contribution is -2.02. The average molecular weight is 314 g/mol. The molecule has 1 aromatic heterocycles. The van der Waals surface area contributed by atoms with Gasteiger partial charge in [-0.3, -0.25) is 4.55 Å². The molecule has 0 aliphatic rings. The maximum absolute atomic E-state index is 11.2. The molecule has 0 saturated carbocycles. The maximum atomic E-state index is 11.2. The van der Waals surface area contributed by atoms with Gasteiger partial charge in [0.25, 0.3) is 10.1 Å². The van der Waals surface area contributed by atoms with Gasteiger partial charge in [-0.15, -0.1) is 0 Å². The number of thioether (sulfide) groups is 1. The quantitative estimate of drug-likeness (QED) is 0.655. The van der Waals surface area contributed by atoms with Gasteiger partial charge in [-0.2, -0.15) is 20.2 Å². The molecule has 0 radical (unpaired) electrons. The Labute approximate surface area is 123 Å². The van der Waals surface area contributed by atoms with Gasteiger partial charge in [0.15, 0.2) is 0 Å². The summed E-state index contributed by atoms with van der Waals surface area (Å²) in [5.41, 5.74) is 1.51. The van der Waals surface area contributed by atoms with Gasteiger partial charge >= 0.3 is 0 Å². The second kappa shape index (κ2) is 6.15. The second-order valence-corrected chi connectivity index (χ2v) is 6.90. The summed E-state index contributed by atoms with van der Waals surface area (Å²) in [5, 5.41) is 0. The molecule has 110 valence electrons. The van der Waals surface area contributed by atoms with Crippen molar-refractivity contribution >= 4 is 32.9 Å². The molecule has 0 bridgehead atoms. The van der Waals surface area contributed by atoms with Gasteiger partial charge in [0.1, 0.15) is 5.82 Å². The smallest absolute Gasteiger partial charge is 0.294 e. The molecule has 0 aliphatic carbocycles. The molecular weight excluding hydrogens is 296 g/mol. The van der Waals surface area contributed by atoms with Crippen LogP contribution in [0.25, 0.3) is 11.0 Å². The standard InChI is InChI=1S/C13H18N2O3S2/c1-3-15-12-7-6-10(20(16,17)18)9-11(12)14-13(15)5-4-8-19-2/h6-7,9H,3-5,8H2,1-2H3,(H,16,17,18). The monoisotopic (exact) mass is 314 g/mol. The first-order chi connectivity index (χ1) is 9.47. The molecule has 2 aromatic rings. The summed E-state index contributed by atoms with van der Waals surface area (Å²) in [6.45, 7) is 2.83. The topological polar surface area (TPSA) is 72.2 Å². The van der Waals surface area contributed by atoms with Gasteiger partial charge in [0, 0.05) is 13.0 Å². The van der Waals surface area contributed by atoms with Crippen LogP contribution in [0.1, 0.15) is 19.2 Å². The molecule has 1 heterocycles. The van der Waals surface area contributed by atoms with Gasteiger partial charge in [-0.1, -0.05) is 0 Å². The average Bonchev–Trinajstić information content (AvgIpc) is 2.74. The molecule has 1 aromatic carbocycles. The minimum Gasteiger partial charge on any atom is -0.328 e. The molecule has 7 heteroatoms.